The number of hydrogen-bond acceptors (Lipinski definition) is 4. The van der Waals surface area contributed by atoms with Gasteiger partial charge in [0.05, 0.1) is 23.5 Å². The van der Waals surface area contributed by atoms with Gasteiger partial charge in [-0.15, -0.1) is 0 Å². The molecule has 30 heavy (non-hydrogen) atoms. The summed E-state index contributed by atoms with van der Waals surface area (Å²) in [6.45, 7) is 1.46. The normalized spacial score (nSPS) is 16.5. The maximum Gasteiger partial charge on any atom is 0.258 e. The Morgan fingerprint density at radius 3 is 2.83 bits per heavy atom. The summed E-state index contributed by atoms with van der Waals surface area (Å²) in [6.07, 6.45) is 4.93. The highest BCUT2D eigenvalue weighted by atomic mass is 35.5. The zero-order valence-electron chi connectivity index (χ0n) is 16.3. The minimum atomic E-state index is -0.284. The molecule has 2 heterocycles. The molecule has 0 aliphatic carbocycles. The molecular formula is C22H22ClN5O2. The Hall–Kier alpha value is -3.16. The van der Waals surface area contributed by atoms with Crippen molar-refractivity contribution in [3.63, 3.8) is 0 Å². The smallest absolute Gasteiger partial charge is 0.258 e. The molecule has 0 saturated carbocycles. The van der Waals surface area contributed by atoms with Crippen LogP contribution < -0.4 is 11.1 Å². The summed E-state index contributed by atoms with van der Waals surface area (Å²) in [5, 5.41) is 7.75. The molecular weight excluding hydrogens is 402 g/mol. The lowest BCUT2D eigenvalue weighted by atomic mass is 10.1. The molecule has 0 bridgehead atoms. The van der Waals surface area contributed by atoms with Crippen molar-refractivity contribution in [2.24, 2.45) is 5.73 Å². The van der Waals surface area contributed by atoms with Crippen LogP contribution in [0.2, 0.25) is 5.02 Å². The number of nitrogens with zero attached hydrogens (tertiary/aromatic N) is 3. The molecule has 2 aromatic carbocycles. The fourth-order valence-corrected chi connectivity index (χ4v) is 3.91. The van der Waals surface area contributed by atoms with Crippen molar-refractivity contribution in [2.75, 3.05) is 11.9 Å². The lowest BCUT2D eigenvalue weighted by Crippen LogP contribution is -2.39. The van der Waals surface area contributed by atoms with Crippen molar-refractivity contribution in [1.82, 2.24) is 14.7 Å². The van der Waals surface area contributed by atoms with Crippen LogP contribution in [-0.4, -0.2) is 39.1 Å². The third-order valence-electron chi connectivity index (χ3n) is 5.18. The van der Waals surface area contributed by atoms with Crippen LogP contribution in [0.3, 0.4) is 0 Å². The summed E-state index contributed by atoms with van der Waals surface area (Å²) in [4.78, 5) is 26.3. The van der Waals surface area contributed by atoms with E-state index in [1.54, 1.807) is 23.0 Å². The van der Waals surface area contributed by atoms with Crippen LogP contribution in [0.25, 0.3) is 5.69 Å². The van der Waals surface area contributed by atoms with Crippen molar-refractivity contribution in [3.8, 4) is 5.69 Å². The van der Waals surface area contributed by atoms with E-state index in [0.717, 1.165) is 30.6 Å². The largest absolute Gasteiger partial charge is 0.368 e. The van der Waals surface area contributed by atoms with Gasteiger partial charge in [-0.3, -0.25) is 14.5 Å². The number of aromatic nitrogens is 2. The highest BCUT2D eigenvalue weighted by molar-refractivity contribution is 6.30. The van der Waals surface area contributed by atoms with E-state index in [9.17, 15) is 9.59 Å². The predicted molar refractivity (Wildman–Crippen MR) is 116 cm³/mol. The molecule has 154 valence electrons. The number of carbonyl (C=O) groups excluding carboxylic acids is 2. The molecule has 3 aromatic rings. The summed E-state index contributed by atoms with van der Waals surface area (Å²) in [7, 11) is 0. The maximum absolute atomic E-state index is 12.7. The summed E-state index contributed by atoms with van der Waals surface area (Å²) >= 11 is 6.02. The van der Waals surface area contributed by atoms with Gasteiger partial charge in [-0.05, 0) is 55.3 Å². The van der Waals surface area contributed by atoms with Gasteiger partial charge in [-0.2, -0.15) is 5.10 Å². The van der Waals surface area contributed by atoms with E-state index in [2.05, 4.69) is 15.3 Å². The molecule has 1 aliphatic rings. The average Bonchev–Trinajstić information content (AvgIpc) is 3.38. The minimum absolute atomic E-state index is 0.222. The van der Waals surface area contributed by atoms with Gasteiger partial charge in [0.2, 0.25) is 5.91 Å². The Kier molecular flexibility index (Phi) is 5.83. The number of primary amides is 1. The van der Waals surface area contributed by atoms with Crippen LogP contribution >= 0.6 is 11.6 Å². The van der Waals surface area contributed by atoms with Crippen LogP contribution in [0.1, 0.15) is 28.8 Å². The SMILES string of the molecule is NC(=O)C1CCCN1Cc1cccc(NC(=O)c2cnn(-c3cccc(Cl)c3)c2)c1. The molecule has 0 radical (unpaired) electrons. The number of hydrogen-bond donors (Lipinski definition) is 2. The fourth-order valence-electron chi connectivity index (χ4n) is 3.72. The van der Waals surface area contributed by atoms with Crippen molar-refractivity contribution in [3.05, 3.63) is 77.1 Å². The zero-order valence-corrected chi connectivity index (χ0v) is 17.0. The van der Waals surface area contributed by atoms with Gasteiger partial charge in [0.1, 0.15) is 0 Å². The van der Waals surface area contributed by atoms with E-state index in [0.29, 0.717) is 22.8 Å². The zero-order chi connectivity index (χ0) is 21.1. The van der Waals surface area contributed by atoms with Crippen molar-refractivity contribution in [2.45, 2.75) is 25.4 Å². The number of benzene rings is 2. The van der Waals surface area contributed by atoms with Gasteiger partial charge in [0, 0.05) is 23.5 Å². The van der Waals surface area contributed by atoms with Crippen LogP contribution in [0.5, 0.6) is 0 Å². The molecule has 2 amide bonds. The number of nitrogens with two attached hydrogens (primary N) is 1. The van der Waals surface area contributed by atoms with E-state index in [-0.39, 0.29) is 17.9 Å². The molecule has 7 nitrogen and oxygen atoms in total. The minimum Gasteiger partial charge on any atom is -0.368 e. The number of nitrogens with one attached hydrogen (secondary N) is 1. The van der Waals surface area contributed by atoms with Crippen LogP contribution in [0, 0.1) is 0 Å². The lowest BCUT2D eigenvalue weighted by molar-refractivity contribution is -0.122. The van der Waals surface area contributed by atoms with Crippen LogP contribution in [-0.2, 0) is 11.3 Å². The third kappa shape index (κ3) is 4.53. The quantitative estimate of drug-likeness (QED) is 0.636. The molecule has 1 aliphatic heterocycles. The number of amides is 2. The second-order valence-electron chi connectivity index (χ2n) is 7.34. The number of carbonyl (C=O) groups is 2. The Balaban J connectivity index is 1.44. The van der Waals surface area contributed by atoms with Crippen molar-refractivity contribution in [1.29, 1.82) is 0 Å². The first-order valence-electron chi connectivity index (χ1n) is 9.74. The Bertz CT molecular complexity index is 1080. The van der Waals surface area contributed by atoms with Gasteiger partial charge < -0.3 is 11.1 Å². The number of anilines is 1. The molecule has 1 unspecified atom stereocenters. The predicted octanol–water partition coefficient (Wildman–Crippen LogP) is 3.23. The summed E-state index contributed by atoms with van der Waals surface area (Å²) in [6, 6.07) is 14.6. The van der Waals surface area contributed by atoms with Gasteiger partial charge in [-0.25, -0.2) is 4.68 Å². The third-order valence-corrected chi connectivity index (χ3v) is 5.42. The van der Waals surface area contributed by atoms with Gasteiger partial charge >= 0.3 is 0 Å². The molecule has 0 spiro atoms. The first kappa shape index (κ1) is 20.1. The summed E-state index contributed by atoms with van der Waals surface area (Å²) in [5.74, 6) is -0.537. The highest BCUT2D eigenvalue weighted by Crippen LogP contribution is 2.22. The Morgan fingerprint density at radius 1 is 1.20 bits per heavy atom. The average molecular weight is 424 g/mol. The molecule has 4 rings (SSSR count). The number of rotatable bonds is 6. The van der Waals surface area contributed by atoms with E-state index in [4.69, 9.17) is 17.3 Å². The van der Waals surface area contributed by atoms with Crippen molar-refractivity contribution >= 4 is 29.1 Å². The fraction of sp³-hybridized carbons (Fsp3) is 0.227. The summed E-state index contributed by atoms with van der Waals surface area (Å²) in [5.41, 5.74) is 8.41. The molecule has 3 N–H and O–H groups in total. The van der Waals surface area contributed by atoms with Crippen LogP contribution in [0.4, 0.5) is 5.69 Å². The molecule has 1 saturated heterocycles. The molecule has 1 fully saturated rings. The molecule has 1 atom stereocenters. The topological polar surface area (TPSA) is 93.2 Å². The molecule has 8 heteroatoms. The van der Waals surface area contributed by atoms with E-state index in [1.807, 2.05) is 36.4 Å². The number of likely N-dealkylation sites (tertiary alicyclic amines) is 1. The Morgan fingerprint density at radius 2 is 2.03 bits per heavy atom. The maximum atomic E-state index is 12.7. The molecule has 1 aromatic heterocycles. The second kappa shape index (κ2) is 8.69. The van der Waals surface area contributed by atoms with Crippen molar-refractivity contribution < 1.29 is 9.59 Å². The van der Waals surface area contributed by atoms with E-state index < -0.39 is 0 Å². The van der Waals surface area contributed by atoms with Crippen LogP contribution in [0.15, 0.2) is 60.9 Å². The lowest BCUT2D eigenvalue weighted by Gasteiger charge is -2.22. The Labute approximate surface area is 179 Å². The van der Waals surface area contributed by atoms with E-state index >= 15 is 0 Å². The van der Waals surface area contributed by atoms with Gasteiger partial charge in [0.25, 0.3) is 5.91 Å². The second-order valence-corrected chi connectivity index (χ2v) is 7.78. The monoisotopic (exact) mass is 423 g/mol. The summed E-state index contributed by atoms with van der Waals surface area (Å²) < 4.78 is 1.61. The first-order chi connectivity index (χ1) is 14.5. The van der Waals surface area contributed by atoms with Gasteiger partial charge in [0.15, 0.2) is 0 Å². The highest BCUT2D eigenvalue weighted by Gasteiger charge is 2.28. The standard InChI is InChI=1S/C22H22ClN5O2/c23-17-5-2-7-19(11-17)28-14-16(12-25-28)22(30)26-18-6-1-4-15(10-18)13-27-9-3-8-20(27)21(24)29/h1-2,4-7,10-12,14,20H,3,8-9,13H2,(H2,24,29)(H,26,30). The first-order valence-corrected chi connectivity index (χ1v) is 10.1. The van der Waals surface area contributed by atoms with Gasteiger partial charge in [-0.1, -0.05) is 29.8 Å². The number of halogens is 1. The van der Waals surface area contributed by atoms with E-state index in [1.165, 1.54) is 6.20 Å².